The fourth-order valence-electron chi connectivity index (χ4n) is 5.37. The van der Waals surface area contributed by atoms with Crippen LogP contribution in [0, 0.1) is 11.6 Å². The van der Waals surface area contributed by atoms with Gasteiger partial charge in [0.15, 0.2) is 0 Å². The van der Waals surface area contributed by atoms with E-state index in [9.17, 15) is 18.4 Å². The topological polar surface area (TPSA) is 99.3 Å². The van der Waals surface area contributed by atoms with Crippen molar-refractivity contribution in [2.75, 3.05) is 36.1 Å². The van der Waals surface area contributed by atoms with Gasteiger partial charge >= 0.3 is 12.1 Å². The second-order valence-electron chi connectivity index (χ2n) is 10.6. The standard InChI is InChI=1S/C31H32F2N4O4/c1-21(37(34)28-12-8-26(33)9-13-28)24(18-22-2-6-25(32)7-3-22)19-35-16-14-31(15-17-35)20-36(30(40)41-31)27-10-4-23(5-11-27)29(38)39/h2-13H,14-20,34H2,1H3,(H,38,39). The summed E-state index contributed by atoms with van der Waals surface area (Å²) >= 11 is 0. The minimum atomic E-state index is -1.03. The normalized spacial score (nSPS) is 17.4. The molecule has 2 heterocycles. The van der Waals surface area contributed by atoms with Crippen LogP contribution in [0.25, 0.3) is 0 Å². The number of aromatic carboxylic acids is 1. The van der Waals surface area contributed by atoms with Gasteiger partial charge in [0, 0.05) is 43.9 Å². The largest absolute Gasteiger partial charge is 0.478 e. The number of hydrogen-bond donors (Lipinski definition) is 2. The number of hydrazine groups is 1. The van der Waals surface area contributed by atoms with E-state index in [1.165, 1.54) is 41.4 Å². The molecule has 3 aromatic carbocycles. The molecule has 0 saturated carbocycles. The Labute approximate surface area is 237 Å². The summed E-state index contributed by atoms with van der Waals surface area (Å²) in [5, 5.41) is 10.7. The van der Waals surface area contributed by atoms with Crippen molar-refractivity contribution in [2.24, 2.45) is 5.84 Å². The molecule has 5 rings (SSSR count). The van der Waals surface area contributed by atoms with Crippen molar-refractivity contribution in [3.63, 3.8) is 0 Å². The number of carboxylic acids is 1. The zero-order valence-corrected chi connectivity index (χ0v) is 22.7. The van der Waals surface area contributed by atoms with Crippen LogP contribution >= 0.6 is 0 Å². The van der Waals surface area contributed by atoms with E-state index in [0.29, 0.717) is 56.8 Å². The smallest absolute Gasteiger partial charge is 0.415 e. The molecule has 0 unspecified atom stereocenters. The molecule has 2 fully saturated rings. The van der Waals surface area contributed by atoms with E-state index in [0.717, 1.165) is 16.8 Å². The molecule has 2 aliphatic heterocycles. The van der Waals surface area contributed by atoms with Gasteiger partial charge in [-0.2, -0.15) is 0 Å². The summed E-state index contributed by atoms with van der Waals surface area (Å²) < 4.78 is 32.9. The van der Waals surface area contributed by atoms with Crippen molar-refractivity contribution in [3.05, 3.63) is 107 Å². The molecule has 214 valence electrons. The first-order chi connectivity index (χ1) is 19.6. The van der Waals surface area contributed by atoms with Crippen LogP contribution in [0.1, 0.15) is 35.7 Å². The van der Waals surface area contributed by atoms with E-state index in [-0.39, 0.29) is 17.2 Å². The second-order valence-corrected chi connectivity index (χ2v) is 10.6. The summed E-state index contributed by atoms with van der Waals surface area (Å²) in [5.74, 6) is 4.78. The van der Waals surface area contributed by atoms with Crippen molar-refractivity contribution in [3.8, 4) is 0 Å². The van der Waals surface area contributed by atoms with Crippen LogP contribution in [-0.2, 0) is 11.2 Å². The fourth-order valence-corrected chi connectivity index (χ4v) is 5.37. The first-order valence-electron chi connectivity index (χ1n) is 13.4. The minimum absolute atomic E-state index is 0.152. The molecule has 3 aromatic rings. The number of benzene rings is 3. The summed E-state index contributed by atoms with van der Waals surface area (Å²) in [6.07, 6.45) is 1.38. The van der Waals surface area contributed by atoms with Gasteiger partial charge in [0.2, 0.25) is 0 Å². The van der Waals surface area contributed by atoms with Gasteiger partial charge in [0.1, 0.15) is 17.2 Å². The van der Waals surface area contributed by atoms with E-state index < -0.39 is 17.7 Å². The molecule has 0 radical (unpaired) electrons. The maximum absolute atomic E-state index is 13.6. The highest BCUT2D eigenvalue weighted by Crippen LogP contribution is 2.36. The minimum Gasteiger partial charge on any atom is -0.478 e. The summed E-state index contributed by atoms with van der Waals surface area (Å²) in [5.41, 5.74) is 3.56. The molecule has 0 atom stereocenters. The van der Waals surface area contributed by atoms with Gasteiger partial charge in [-0.05, 0) is 85.1 Å². The number of allylic oxidation sites excluding steroid dienone is 1. The average Bonchev–Trinajstić information content (AvgIpc) is 3.30. The van der Waals surface area contributed by atoms with Gasteiger partial charge in [0.05, 0.1) is 17.8 Å². The molecule has 0 aromatic heterocycles. The van der Waals surface area contributed by atoms with Gasteiger partial charge in [-0.15, -0.1) is 0 Å². The summed E-state index contributed by atoms with van der Waals surface area (Å²) in [4.78, 5) is 27.8. The number of amides is 1. The summed E-state index contributed by atoms with van der Waals surface area (Å²) in [6, 6.07) is 18.5. The van der Waals surface area contributed by atoms with E-state index in [1.54, 1.807) is 41.3 Å². The van der Waals surface area contributed by atoms with E-state index >= 15 is 0 Å². The number of halogens is 2. The number of anilines is 2. The molecule has 3 N–H and O–H groups in total. The van der Waals surface area contributed by atoms with E-state index in [4.69, 9.17) is 15.7 Å². The van der Waals surface area contributed by atoms with Crippen LogP contribution in [-0.4, -0.2) is 53.8 Å². The summed E-state index contributed by atoms with van der Waals surface area (Å²) in [7, 11) is 0. The highest BCUT2D eigenvalue weighted by Gasteiger charge is 2.47. The van der Waals surface area contributed by atoms with E-state index in [1.807, 2.05) is 6.92 Å². The number of likely N-dealkylation sites (tertiary alicyclic amines) is 1. The second kappa shape index (κ2) is 11.7. The number of carboxylic acid groups (broad SMARTS) is 1. The third-order valence-electron chi connectivity index (χ3n) is 7.89. The first-order valence-corrected chi connectivity index (χ1v) is 13.4. The number of piperidine rings is 1. The lowest BCUT2D eigenvalue weighted by Crippen LogP contribution is -2.47. The number of hydrogen-bond acceptors (Lipinski definition) is 6. The fraction of sp³-hybridized carbons (Fsp3) is 0.290. The van der Waals surface area contributed by atoms with Crippen molar-refractivity contribution >= 4 is 23.4 Å². The molecule has 1 amide bonds. The SMILES string of the molecule is CC(=C(Cc1ccc(F)cc1)CN1CCC2(CC1)CN(c1ccc(C(=O)O)cc1)C(=O)O2)N(N)c1ccc(F)cc1. The molecule has 1 spiro atoms. The Morgan fingerprint density at radius 2 is 1.56 bits per heavy atom. The first kappa shape index (κ1) is 28.3. The molecule has 2 aliphatic rings. The zero-order chi connectivity index (χ0) is 29.1. The lowest BCUT2D eigenvalue weighted by molar-refractivity contribution is 0.00288. The number of carbonyl (C=O) groups is 2. The molecule has 10 heteroatoms. The average molecular weight is 563 g/mol. The van der Waals surface area contributed by atoms with Crippen LogP contribution in [0.4, 0.5) is 25.0 Å². The lowest BCUT2D eigenvalue weighted by Gasteiger charge is -2.38. The number of nitrogens with zero attached hydrogens (tertiary/aromatic N) is 3. The van der Waals surface area contributed by atoms with Crippen molar-refractivity contribution in [1.29, 1.82) is 0 Å². The quantitative estimate of drug-likeness (QED) is 0.282. The highest BCUT2D eigenvalue weighted by molar-refractivity contribution is 5.92. The Hall–Kier alpha value is -4.28. The number of ether oxygens (including phenoxy) is 1. The Kier molecular flexibility index (Phi) is 8.05. The number of carbonyl (C=O) groups excluding carboxylic acids is 1. The molecule has 0 bridgehead atoms. The van der Waals surface area contributed by atoms with Crippen LogP contribution in [0.2, 0.25) is 0 Å². The number of nitrogens with two attached hydrogens (primary N) is 1. The van der Waals surface area contributed by atoms with Gasteiger partial charge in [-0.25, -0.2) is 24.2 Å². The third kappa shape index (κ3) is 6.39. The molecule has 2 saturated heterocycles. The molecule has 8 nitrogen and oxygen atoms in total. The maximum Gasteiger partial charge on any atom is 0.415 e. The predicted octanol–water partition coefficient (Wildman–Crippen LogP) is 5.35. The Morgan fingerprint density at radius 3 is 2.15 bits per heavy atom. The van der Waals surface area contributed by atoms with E-state index in [2.05, 4.69) is 4.90 Å². The Bertz CT molecular complexity index is 1430. The predicted molar refractivity (Wildman–Crippen MR) is 152 cm³/mol. The van der Waals surface area contributed by atoms with Gasteiger partial charge < -0.3 is 9.84 Å². The molecule has 0 aliphatic carbocycles. The van der Waals surface area contributed by atoms with Gasteiger partial charge in [-0.3, -0.25) is 14.8 Å². The van der Waals surface area contributed by atoms with Crippen molar-refractivity contribution < 1.29 is 28.2 Å². The lowest BCUT2D eigenvalue weighted by atomic mass is 9.90. The summed E-state index contributed by atoms with van der Waals surface area (Å²) in [6.45, 7) is 4.27. The van der Waals surface area contributed by atoms with Gasteiger partial charge in [0.25, 0.3) is 0 Å². The zero-order valence-electron chi connectivity index (χ0n) is 22.7. The van der Waals surface area contributed by atoms with Crippen molar-refractivity contribution in [2.45, 2.75) is 31.8 Å². The number of rotatable bonds is 8. The monoisotopic (exact) mass is 562 g/mol. The molecular weight excluding hydrogens is 530 g/mol. The molecular formula is C31H32F2N4O4. The third-order valence-corrected chi connectivity index (χ3v) is 7.89. The van der Waals surface area contributed by atoms with Crippen LogP contribution in [0.15, 0.2) is 84.1 Å². The van der Waals surface area contributed by atoms with Crippen molar-refractivity contribution in [1.82, 2.24) is 4.90 Å². The Balaban J connectivity index is 1.29. The molecule has 41 heavy (non-hydrogen) atoms. The van der Waals surface area contributed by atoms with Gasteiger partial charge in [-0.1, -0.05) is 12.1 Å². The van der Waals surface area contributed by atoms with Crippen LogP contribution < -0.4 is 15.8 Å². The van der Waals surface area contributed by atoms with Crippen LogP contribution in [0.5, 0.6) is 0 Å². The highest BCUT2D eigenvalue weighted by atomic mass is 19.1. The van der Waals surface area contributed by atoms with Crippen LogP contribution in [0.3, 0.4) is 0 Å². The Morgan fingerprint density at radius 1 is 0.976 bits per heavy atom. The maximum atomic E-state index is 13.6.